The van der Waals surface area contributed by atoms with Crippen molar-refractivity contribution >= 4 is 0 Å². The fourth-order valence-corrected chi connectivity index (χ4v) is 2.50. The normalized spacial score (nSPS) is 12.6. The van der Waals surface area contributed by atoms with E-state index in [0.29, 0.717) is 0 Å². The summed E-state index contributed by atoms with van der Waals surface area (Å²) in [5, 5.41) is 3.59. The van der Waals surface area contributed by atoms with Gasteiger partial charge in [0.15, 0.2) is 0 Å². The van der Waals surface area contributed by atoms with E-state index in [1.54, 1.807) is 0 Å². The molecule has 1 atom stereocenters. The van der Waals surface area contributed by atoms with Crippen LogP contribution in [0.15, 0.2) is 24.3 Å². The Morgan fingerprint density at radius 2 is 1.74 bits per heavy atom. The highest BCUT2D eigenvalue weighted by atomic mass is 14.8. The first-order valence-corrected chi connectivity index (χ1v) is 8.02. The van der Waals surface area contributed by atoms with Crippen LogP contribution in [0.4, 0.5) is 0 Å². The van der Waals surface area contributed by atoms with Crippen LogP contribution in [0.25, 0.3) is 0 Å². The van der Waals surface area contributed by atoms with Gasteiger partial charge >= 0.3 is 0 Å². The molecule has 0 aromatic heterocycles. The lowest BCUT2D eigenvalue weighted by Gasteiger charge is -2.18. The molecule has 0 saturated heterocycles. The maximum atomic E-state index is 3.59. The van der Waals surface area contributed by atoms with Gasteiger partial charge in [-0.15, -0.1) is 0 Å². The second-order valence-electron chi connectivity index (χ2n) is 5.76. The predicted molar refractivity (Wildman–Crippen MR) is 85.7 cm³/mol. The number of aryl methyl sites for hydroxylation is 1. The Labute approximate surface area is 119 Å². The van der Waals surface area contributed by atoms with Gasteiger partial charge in [-0.3, -0.25) is 0 Å². The van der Waals surface area contributed by atoms with Crippen molar-refractivity contribution in [1.82, 2.24) is 5.32 Å². The first kappa shape index (κ1) is 16.2. The number of hydrogen-bond acceptors (Lipinski definition) is 1. The van der Waals surface area contributed by atoms with E-state index in [0.717, 1.165) is 12.5 Å². The summed E-state index contributed by atoms with van der Waals surface area (Å²) in [6, 6.07) is 9.06. The molecule has 0 aliphatic heterocycles. The summed E-state index contributed by atoms with van der Waals surface area (Å²) < 4.78 is 0. The Balaban J connectivity index is 2.44. The average Bonchev–Trinajstić information content (AvgIpc) is 2.41. The van der Waals surface area contributed by atoms with Crippen molar-refractivity contribution < 1.29 is 0 Å². The fourth-order valence-electron chi connectivity index (χ4n) is 2.50. The highest BCUT2D eigenvalue weighted by Gasteiger charge is 2.09. The largest absolute Gasteiger partial charge is 0.316 e. The standard InChI is InChI=1S/C18H31N/c1-4-6-7-8-18(15-19-13-5-2)14-17-11-9-16(3)10-12-17/h9-12,18-19H,4-8,13-15H2,1-3H3. The minimum atomic E-state index is 0.792. The second-order valence-corrected chi connectivity index (χ2v) is 5.76. The van der Waals surface area contributed by atoms with Crippen LogP contribution in [0.2, 0.25) is 0 Å². The second kappa shape index (κ2) is 10.0. The number of rotatable bonds is 10. The van der Waals surface area contributed by atoms with Crippen molar-refractivity contribution in [2.45, 2.75) is 59.3 Å². The molecule has 0 aliphatic rings. The SMILES string of the molecule is CCCCCC(CNCCC)Cc1ccc(C)cc1. The molecule has 0 heterocycles. The van der Waals surface area contributed by atoms with Crippen molar-refractivity contribution in [3.63, 3.8) is 0 Å². The Morgan fingerprint density at radius 1 is 1.00 bits per heavy atom. The van der Waals surface area contributed by atoms with Gasteiger partial charge in [0.1, 0.15) is 0 Å². The van der Waals surface area contributed by atoms with Crippen LogP contribution >= 0.6 is 0 Å². The van der Waals surface area contributed by atoms with E-state index in [2.05, 4.69) is 50.4 Å². The zero-order chi connectivity index (χ0) is 13.9. The van der Waals surface area contributed by atoms with Crippen LogP contribution in [0.1, 0.15) is 57.1 Å². The summed E-state index contributed by atoms with van der Waals surface area (Å²) in [4.78, 5) is 0. The molecule has 0 spiro atoms. The minimum absolute atomic E-state index is 0.792. The van der Waals surface area contributed by atoms with Crippen LogP contribution in [0.3, 0.4) is 0 Å². The Hall–Kier alpha value is -0.820. The van der Waals surface area contributed by atoms with Gasteiger partial charge in [0.2, 0.25) is 0 Å². The number of unbranched alkanes of at least 4 members (excludes halogenated alkanes) is 2. The maximum Gasteiger partial charge on any atom is -0.00173 e. The molecule has 0 saturated carbocycles. The zero-order valence-corrected chi connectivity index (χ0v) is 13.0. The molecule has 0 bridgehead atoms. The molecule has 1 aromatic carbocycles. The molecular formula is C18H31N. The molecule has 1 rings (SSSR count). The maximum absolute atomic E-state index is 3.59. The van der Waals surface area contributed by atoms with E-state index in [-0.39, 0.29) is 0 Å². The van der Waals surface area contributed by atoms with Crippen LogP contribution in [0.5, 0.6) is 0 Å². The highest BCUT2D eigenvalue weighted by molar-refractivity contribution is 5.21. The van der Waals surface area contributed by atoms with Crippen molar-refractivity contribution in [2.24, 2.45) is 5.92 Å². The summed E-state index contributed by atoms with van der Waals surface area (Å²) in [6.45, 7) is 9.00. The number of nitrogens with one attached hydrogen (secondary N) is 1. The van der Waals surface area contributed by atoms with Crippen molar-refractivity contribution in [2.75, 3.05) is 13.1 Å². The van der Waals surface area contributed by atoms with Gasteiger partial charge in [0.05, 0.1) is 0 Å². The molecule has 108 valence electrons. The molecule has 1 unspecified atom stereocenters. The highest BCUT2D eigenvalue weighted by Crippen LogP contribution is 2.16. The molecule has 1 nitrogen and oxygen atoms in total. The number of hydrogen-bond donors (Lipinski definition) is 1. The van der Waals surface area contributed by atoms with E-state index in [1.807, 2.05) is 0 Å². The summed E-state index contributed by atoms with van der Waals surface area (Å²) in [7, 11) is 0. The lowest BCUT2D eigenvalue weighted by molar-refractivity contribution is 0.424. The predicted octanol–water partition coefficient (Wildman–Crippen LogP) is 4.73. The van der Waals surface area contributed by atoms with Gasteiger partial charge in [-0.1, -0.05) is 62.9 Å². The molecular weight excluding hydrogens is 230 g/mol. The lowest BCUT2D eigenvalue weighted by atomic mass is 9.93. The Bertz CT molecular complexity index is 305. The molecule has 0 radical (unpaired) electrons. The molecule has 0 amide bonds. The Morgan fingerprint density at radius 3 is 2.37 bits per heavy atom. The molecule has 0 fully saturated rings. The third kappa shape index (κ3) is 7.37. The van der Waals surface area contributed by atoms with Gasteiger partial charge in [0, 0.05) is 0 Å². The smallest absolute Gasteiger partial charge is 0.00173 e. The molecule has 19 heavy (non-hydrogen) atoms. The van der Waals surface area contributed by atoms with Crippen LogP contribution in [-0.4, -0.2) is 13.1 Å². The Kier molecular flexibility index (Phi) is 8.57. The summed E-state index contributed by atoms with van der Waals surface area (Å²) in [6.07, 6.45) is 7.88. The monoisotopic (exact) mass is 261 g/mol. The summed E-state index contributed by atoms with van der Waals surface area (Å²) in [5.74, 6) is 0.792. The van der Waals surface area contributed by atoms with Crippen molar-refractivity contribution in [3.8, 4) is 0 Å². The zero-order valence-electron chi connectivity index (χ0n) is 13.0. The van der Waals surface area contributed by atoms with Crippen LogP contribution in [0, 0.1) is 12.8 Å². The van der Waals surface area contributed by atoms with Crippen molar-refractivity contribution in [3.05, 3.63) is 35.4 Å². The third-order valence-corrected chi connectivity index (χ3v) is 3.72. The first-order valence-electron chi connectivity index (χ1n) is 8.02. The van der Waals surface area contributed by atoms with Gasteiger partial charge in [-0.2, -0.15) is 0 Å². The van der Waals surface area contributed by atoms with Crippen LogP contribution in [-0.2, 0) is 6.42 Å². The molecule has 1 aromatic rings. The number of benzene rings is 1. The van der Waals surface area contributed by atoms with Crippen LogP contribution < -0.4 is 5.32 Å². The molecule has 0 aliphatic carbocycles. The first-order chi connectivity index (χ1) is 9.26. The van der Waals surface area contributed by atoms with E-state index < -0.39 is 0 Å². The fraction of sp³-hybridized carbons (Fsp3) is 0.667. The molecule has 1 N–H and O–H groups in total. The van der Waals surface area contributed by atoms with E-state index in [1.165, 1.54) is 56.2 Å². The average molecular weight is 261 g/mol. The van der Waals surface area contributed by atoms with Gasteiger partial charge in [-0.05, 0) is 50.8 Å². The minimum Gasteiger partial charge on any atom is -0.316 e. The molecule has 1 heteroatoms. The quantitative estimate of drug-likeness (QED) is 0.600. The lowest BCUT2D eigenvalue weighted by Crippen LogP contribution is -2.25. The topological polar surface area (TPSA) is 12.0 Å². The third-order valence-electron chi connectivity index (χ3n) is 3.72. The summed E-state index contributed by atoms with van der Waals surface area (Å²) >= 11 is 0. The van der Waals surface area contributed by atoms with Gasteiger partial charge < -0.3 is 5.32 Å². The van der Waals surface area contributed by atoms with E-state index in [9.17, 15) is 0 Å². The van der Waals surface area contributed by atoms with E-state index >= 15 is 0 Å². The van der Waals surface area contributed by atoms with E-state index in [4.69, 9.17) is 0 Å². The summed E-state index contributed by atoms with van der Waals surface area (Å²) in [5.41, 5.74) is 2.85. The van der Waals surface area contributed by atoms with Crippen molar-refractivity contribution in [1.29, 1.82) is 0 Å². The van der Waals surface area contributed by atoms with Gasteiger partial charge in [-0.25, -0.2) is 0 Å². The van der Waals surface area contributed by atoms with Gasteiger partial charge in [0.25, 0.3) is 0 Å².